The molecule has 5 nitrogen and oxygen atoms in total. The molecule has 0 aliphatic heterocycles. The fraction of sp³-hybridized carbons (Fsp3) is 0.780. The first-order valence-corrected chi connectivity index (χ1v) is 24.6. The smallest absolute Gasteiger partial charge is 0.233 e. The third kappa shape index (κ3) is 7.72. The van der Waals surface area contributed by atoms with E-state index in [1.54, 1.807) is 19.8 Å². The van der Waals surface area contributed by atoms with Gasteiger partial charge >= 0.3 is 0 Å². The first kappa shape index (κ1) is 39.7. The number of ether oxygens (including phenoxy) is 2. The molecule has 272 valence electrons. The van der Waals surface area contributed by atoms with Crippen LogP contribution in [0.5, 0.6) is 0 Å². The van der Waals surface area contributed by atoms with Crippen LogP contribution in [0.2, 0.25) is 36.3 Å². The van der Waals surface area contributed by atoms with Gasteiger partial charge in [-0.25, -0.2) is 0 Å². The maximum absolute atomic E-state index is 13.3. The lowest BCUT2D eigenvalue weighted by atomic mass is 9.61. The van der Waals surface area contributed by atoms with Crippen molar-refractivity contribution < 1.29 is 23.1 Å². The first-order valence-electron chi connectivity index (χ1n) is 18.8. The van der Waals surface area contributed by atoms with E-state index < -0.39 is 22.4 Å². The van der Waals surface area contributed by atoms with Crippen LogP contribution in [0.1, 0.15) is 113 Å². The zero-order chi connectivity index (χ0) is 36.1. The summed E-state index contributed by atoms with van der Waals surface area (Å²) in [6, 6.07) is 0. The molecule has 7 heteroatoms. The van der Waals surface area contributed by atoms with E-state index in [2.05, 4.69) is 106 Å². The molecule has 0 radical (unpaired) electrons. The lowest BCUT2D eigenvalue weighted by Crippen LogP contribution is -2.49. The van der Waals surface area contributed by atoms with Gasteiger partial charge in [-0.05, 0) is 121 Å². The van der Waals surface area contributed by atoms with Crippen LogP contribution in [0, 0.1) is 23.2 Å². The van der Waals surface area contributed by atoms with Gasteiger partial charge in [0.15, 0.2) is 16.6 Å². The van der Waals surface area contributed by atoms with Crippen LogP contribution in [-0.2, 0) is 23.1 Å². The number of hydrogen-bond donors (Lipinski definition) is 0. The largest absolute Gasteiger partial charge is 0.413 e. The van der Waals surface area contributed by atoms with Crippen molar-refractivity contribution in [2.45, 2.75) is 167 Å². The molecule has 4 saturated carbocycles. The maximum atomic E-state index is 13.3. The molecule has 0 N–H and O–H groups in total. The van der Waals surface area contributed by atoms with Crippen molar-refractivity contribution in [2.24, 2.45) is 23.2 Å². The number of methoxy groups -OCH3 is 2. The topological polar surface area (TPSA) is 54.0 Å². The molecule has 4 aliphatic rings. The maximum Gasteiger partial charge on any atom is 0.233 e. The second kappa shape index (κ2) is 14.1. The molecule has 4 rings (SSSR count). The summed E-state index contributed by atoms with van der Waals surface area (Å²) < 4.78 is 25.3. The van der Waals surface area contributed by atoms with Gasteiger partial charge in [-0.3, -0.25) is 4.79 Å². The van der Waals surface area contributed by atoms with Crippen molar-refractivity contribution in [1.82, 2.24) is 0 Å². The molecule has 48 heavy (non-hydrogen) atoms. The lowest BCUT2D eigenvalue weighted by Gasteiger charge is -2.45. The number of rotatable bonds is 9. The molecule has 0 bridgehead atoms. The van der Waals surface area contributed by atoms with Crippen LogP contribution in [0.25, 0.3) is 0 Å². The third-order valence-electron chi connectivity index (χ3n) is 13.9. The average molecular weight is 699 g/mol. The van der Waals surface area contributed by atoms with Crippen LogP contribution >= 0.6 is 0 Å². The summed E-state index contributed by atoms with van der Waals surface area (Å²) in [6.45, 7) is 32.9. The highest BCUT2D eigenvalue weighted by Crippen LogP contribution is 2.60. The monoisotopic (exact) mass is 698 g/mol. The molecule has 2 unspecified atom stereocenters. The van der Waals surface area contributed by atoms with Gasteiger partial charge in [-0.15, -0.1) is 0 Å². The Bertz CT molecular complexity index is 1300. The predicted molar refractivity (Wildman–Crippen MR) is 205 cm³/mol. The zero-order valence-electron chi connectivity index (χ0n) is 33.2. The minimum absolute atomic E-state index is 0.00585. The minimum atomic E-state index is -2.01. The molecule has 0 saturated heterocycles. The van der Waals surface area contributed by atoms with Crippen molar-refractivity contribution in [3.63, 3.8) is 0 Å². The second-order valence-electron chi connectivity index (χ2n) is 18.9. The van der Waals surface area contributed by atoms with E-state index in [-0.39, 0.29) is 33.5 Å². The average Bonchev–Trinajstić information content (AvgIpc) is 3.49. The van der Waals surface area contributed by atoms with Gasteiger partial charge in [-0.1, -0.05) is 85.8 Å². The van der Waals surface area contributed by atoms with E-state index in [4.69, 9.17) is 18.3 Å². The molecule has 0 aromatic rings. The molecule has 0 spiro atoms. The molecular weight excluding hydrogens is 629 g/mol. The standard InChI is InChI=1S/C41H70O5Si2/c1-28(25-32-22-24-41(43-10,44-11)37(32)42)34-20-21-35-30(17-16-23-40(34,35)9)18-19-31-26-33(45-47(12,13)38(3,4)5)27-36(29(31)2)46-48(14,15)39(6,7)8/h18-19,25,28,33-36H,2,16-17,20-24,26-27H2,1,3-15H3/b30-18+,31-19-,32-25+/t28?,33-,34-,35?,36+,40-/m1/s1. The van der Waals surface area contributed by atoms with E-state index in [0.29, 0.717) is 24.2 Å². The SMILES string of the molecule is C=C1/C(=C\C=C2/CCC[C@@]3(C)C2CC[C@@H]3C(C)/C=C2\CCC(OC)(OC)C2=O)C[C@@H](O[Si](C)(C)C(C)(C)C)C[C@@H]1O[Si](C)(C)C(C)(C)C. The number of allylic oxidation sites excluding steroid dienone is 4. The fourth-order valence-electron chi connectivity index (χ4n) is 8.74. The number of ketones is 1. The molecular formula is C41H70O5Si2. The van der Waals surface area contributed by atoms with E-state index in [0.717, 1.165) is 36.8 Å². The minimum Gasteiger partial charge on any atom is -0.413 e. The highest BCUT2D eigenvalue weighted by Gasteiger charge is 2.52. The summed E-state index contributed by atoms with van der Waals surface area (Å²) in [5.41, 5.74) is 5.16. The molecule has 0 aromatic carbocycles. The molecule has 6 atom stereocenters. The van der Waals surface area contributed by atoms with Crippen LogP contribution in [0.3, 0.4) is 0 Å². The Balaban J connectivity index is 1.60. The Hall–Kier alpha value is -1.10. The highest BCUT2D eigenvalue weighted by atomic mass is 28.4. The Morgan fingerprint density at radius 1 is 0.875 bits per heavy atom. The summed E-state index contributed by atoms with van der Waals surface area (Å²) >= 11 is 0. The van der Waals surface area contributed by atoms with E-state index in [1.165, 1.54) is 31.3 Å². The van der Waals surface area contributed by atoms with E-state index in [1.807, 2.05) is 0 Å². The summed E-state index contributed by atoms with van der Waals surface area (Å²) in [6.07, 6.45) is 16.4. The van der Waals surface area contributed by atoms with Crippen LogP contribution in [0.4, 0.5) is 0 Å². The fourth-order valence-corrected chi connectivity index (χ4v) is 11.4. The van der Waals surface area contributed by atoms with Crippen molar-refractivity contribution >= 4 is 22.4 Å². The van der Waals surface area contributed by atoms with Crippen LogP contribution in [-0.4, -0.2) is 54.6 Å². The molecule has 0 aromatic heterocycles. The van der Waals surface area contributed by atoms with Gasteiger partial charge in [-0.2, -0.15) is 0 Å². The van der Waals surface area contributed by atoms with Crippen LogP contribution < -0.4 is 0 Å². The van der Waals surface area contributed by atoms with Gasteiger partial charge in [0.1, 0.15) is 0 Å². The molecule has 0 amide bonds. The van der Waals surface area contributed by atoms with Crippen molar-refractivity contribution in [3.8, 4) is 0 Å². The summed E-state index contributed by atoms with van der Waals surface area (Å²) in [5.74, 6) is 0.360. The molecule has 0 heterocycles. The predicted octanol–water partition coefficient (Wildman–Crippen LogP) is 11.1. The number of carbonyl (C=O) groups is 1. The number of carbonyl (C=O) groups excluding carboxylic acids is 1. The van der Waals surface area contributed by atoms with Crippen molar-refractivity contribution in [1.29, 1.82) is 0 Å². The second-order valence-corrected chi connectivity index (χ2v) is 28.4. The van der Waals surface area contributed by atoms with Gasteiger partial charge < -0.3 is 18.3 Å². The summed E-state index contributed by atoms with van der Waals surface area (Å²) in [5, 5.41) is 0.288. The quantitative estimate of drug-likeness (QED) is 0.136. The Labute approximate surface area is 296 Å². The number of hydrogen-bond acceptors (Lipinski definition) is 5. The van der Waals surface area contributed by atoms with E-state index >= 15 is 0 Å². The van der Waals surface area contributed by atoms with Crippen molar-refractivity contribution in [2.75, 3.05) is 14.2 Å². The van der Waals surface area contributed by atoms with E-state index in [9.17, 15) is 4.79 Å². The van der Waals surface area contributed by atoms with Gasteiger partial charge in [0, 0.05) is 27.1 Å². The Kier molecular flexibility index (Phi) is 11.7. The van der Waals surface area contributed by atoms with Gasteiger partial charge in [0.2, 0.25) is 11.6 Å². The molecule has 4 fully saturated rings. The zero-order valence-corrected chi connectivity index (χ0v) is 35.2. The Morgan fingerprint density at radius 2 is 1.48 bits per heavy atom. The third-order valence-corrected chi connectivity index (χ3v) is 22.9. The van der Waals surface area contributed by atoms with Crippen LogP contribution in [0.15, 0.2) is 47.1 Å². The normalized spacial score (nSPS) is 33.6. The first-order chi connectivity index (χ1) is 22.0. The van der Waals surface area contributed by atoms with Gasteiger partial charge in [0.25, 0.3) is 0 Å². The Morgan fingerprint density at radius 3 is 2.04 bits per heavy atom. The number of fused-ring (bicyclic) bond motifs is 1. The van der Waals surface area contributed by atoms with Gasteiger partial charge in [0.05, 0.1) is 12.2 Å². The highest BCUT2D eigenvalue weighted by molar-refractivity contribution is 6.74. The number of Topliss-reactive ketones (excluding diaryl/α,β-unsaturated/α-hetero) is 1. The lowest BCUT2D eigenvalue weighted by molar-refractivity contribution is -0.199. The summed E-state index contributed by atoms with van der Waals surface area (Å²) in [4.78, 5) is 13.3. The summed E-state index contributed by atoms with van der Waals surface area (Å²) in [7, 11) is -0.811. The molecule has 4 aliphatic carbocycles. The van der Waals surface area contributed by atoms with Crippen molar-refractivity contribution in [3.05, 3.63) is 47.1 Å².